The van der Waals surface area contributed by atoms with Crippen LogP contribution in [0.5, 0.6) is 0 Å². The van der Waals surface area contributed by atoms with Crippen LogP contribution in [0, 0.1) is 18.4 Å². The van der Waals surface area contributed by atoms with E-state index in [1.807, 2.05) is 13.5 Å². The van der Waals surface area contributed by atoms with Crippen molar-refractivity contribution in [2.24, 2.45) is 11.8 Å². The summed E-state index contributed by atoms with van der Waals surface area (Å²) in [5, 5.41) is 0. The summed E-state index contributed by atoms with van der Waals surface area (Å²) in [7, 11) is 0. The third kappa shape index (κ3) is 0.968. The lowest BCUT2D eigenvalue weighted by molar-refractivity contribution is 0.0627. The van der Waals surface area contributed by atoms with E-state index in [4.69, 9.17) is 4.74 Å². The van der Waals surface area contributed by atoms with Crippen molar-refractivity contribution in [3.63, 3.8) is 0 Å². The summed E-state index contributed by atoms with van der Waals surface area (Å²) < 4.78 is 5.51. The fraction of sp³-hybridized carbons (Fsp3) is 0.889. The maximum atomic E-state index is 5.51. The first-order valence-corrected chi connectivity index (χ1v) is 4.33. The average molecular weight is 139 g/mol. The molecule has 3 unspecified atom stereocenters. The predicted octanol–water partition coefficient (Wildman–Crippen LogP) is 2.37. The van der Waals surface area contributed by atoms with E-state index in [1.165, 1.54) is 25.7 Å². The molecule has 0 spiro atoms. The lowest BCUT2D eigenvalue weighted by Gasteiger charge is -2.20. The van der Waals surface area contributed by atoms with Gasteiger partial charge in [-0.05, 0) is 44.4 Å². The van der Waals surface area contributed by atoms with Gasteiger partial charge in [0.05, 0.1) is 12.7 Å². The Bertz CT molecular complexity index is 122. The van der Waals surface area contributed by atoms with E-state index in [2.05, 4.69) is 0 Å². The van der Waals surface area contributed by atoms with Crippen molar-refractivity contribution in [3.8, 4) is 0 Å². The van der Waals surface area contributed by atoms with Crippen LogP contribution in [0.15, 0.2) is 0 Å². The molecule has 0 heterocycles. The minimum Gasteiger partial charge on any atom is -0.372 e. The van der Waals surface area contributed by atoms with Crippen molar-refractivity contribution in [1.29, 1.82) is 0 Å². The molecular weight excluding hydrogens is 124 g/mol. The molecule has 1 heteroatoms. The van der Waals surface area contributed by atoms with Crippen LogP contribution in [-0.2, 0) is 4.74 Å². The summed E-state index contributed by atoms with van der Waals surface area (Å²) in [6.07, 6.45) is 6.24. The topological polar surface area (TPSA) is 9.23 Å². The van der Waals surface area contributed by atoms with Crippen molar-refractivity contribution in [2.75, 3.05) is 0 Å². The third-order valence-electron chi connectivity index (χ3n) is 2.98. The van der Waals surface area contributed by atoms with Crippen molar-refractivity contribution in [2.45, 2.75) is 38.7 Å². The Kier molecular flexibility index (Phi) is 1.69. The monoisotopic (exact) mass is 139 g/mol. The summed E-state index contributed by atoms with van der Waals surface area (Å²) in [4.78, 5) is 0. The van der Waals surface area contributed by atoms with Gasteiger partial charge in [-0.15, -0.1) is 0 Å². The van der Waals surface area contributed by atoms with Crippen LogP contribution in [0.2, 0.25) is 0 Å². The van der Waals surface area contributed by atoms with E-state index in [0.29, 0.717) is 6.10 Å². The Hall–Kier alpha value is -0.0400. The van der Waals surface area contributed by atoms with Gasteiger partial charge < -0.3 is 4.74 Å². The minimum absolute atomic E-state index is 0.587. The van der Waals surface area contributed by atoms with Gasteiger partial charge in [-0.3, -0.25) is 0 Å². The molecule has 1 nitrogen and oxygen atoms in total. The first-order valence-electron chi connectivity index (χ1n) is 4.33. The Labute approximate surface area is 62.8 Å². The number of hydrogen-bond acceptors (Lipinski definition) is 1. The second-order valence-electron chi connectivity index (χ2n) is 3.59. The van der Waals surface area contributed by atoms with Crippen LogP contribution in [0.25, 0.3) is 0 Å². The zero-order valence-corrected chi connectivity index (χ0v) is 6.55. The van der Waals surface area contributed by atoms with Gasteiger partial charge in [-0.25, -0.2) is 0 Å². The second-order valence-corrected chi connectivity index (χ2v) is 3.59. The van der Waals surface area contributed by atoms with Gasteiger partial charge in [0, 0.05) is 0 Å². The number of fused-ring (bicyclic) bond motifs is 2. The molecule has 0 N–H and O–H groups in total. The van der Waals surface area contributed by atoms with E-state index in [-0.39, 0.29) is 0 Å². The SMILES string of the molecule is C[CH]OC1CC2CCC1C2. The third-order valence-corrected chi connectivity index (χ3v) is 2.98. The van der Waals surface area contributed by atoms with Gasteiger partial charge >= 0.3 is 0 Å². The van der Waals surface area contributed by atoms with Crippen LogP contribution in [-0.4, -0.2) is 6.10 Å². The summed E-state index contributed by atoms with van der Waals surface area (Å²) >= 11 is 0. The van der Waals surface area contributed by atoms with Gasteiger partial charge in [-0.2, -0.15) is 0 Å². The largest absolute Gasteiger partial charge is 0.372 e. The molecule has 57 valence electrons. The smallest absolute Gasteiger partial charge is 0.0809 e. The molecule has 0 aromatic heterocycles. The van der Waals surface area contributed by atoms with E-state index < -0.39 is 0 Å². The molecule has 0 amide bonds. The molecule has 2 bridgehead atoms. The molecule has 2 fully saturated rings. The fourth-order valence-electron chi connectivity index (χ4n) is 2.53. The molecule has 3 atom stereocenters. The molecule has 1 radical (unpaired) electrons. The molecule has 2 rings (SSSR count). The Morgan fingerprint density at radius 3 is 2.70 bits per heavy atom. The molecule has 0 aliphatic heterocycles. The van der Waals surface area contributed by atoms with Crippen molar-refractivity contribution in [1.82, 2.24) is 0 Å². The molecule has 2 aliphatic carbocycles. The summed E-state index contributed by atoms with van der Waals surface area (Å²) in [5.74, 6) is 1.91. The van der Waals surface area contributed by atoms with E-state index in [9.17, 15) is 0 Å². The lowest BCUT2D eigenvalue weighted by atomic mass is 9.98. The number of hydrogen-bond donors (Lipinski definition) is 0. The predicted molar refractivity (Wildman–Crippen MR) is 40.3 cm³/mol. The van der Waals surface area contributed by atoms with Crippen molar-refractivity contribution >= 4 is 0 Å². The molecule has 0 aromatic rings. The maximum absolute atomic E-state index is 5.51. The van der Waals surface area contributed by atoms with Gasteiger partial charge in [-0.1, -0.05) is 0 Å². The molecule has 0 aromatic carbocycles. The van der Waals surface area contributed by atoms with E-state index >= 15 is 0 Å². The Balaban J connectivity index is 1.90. The molecule has 2 saturated carbocycles. The van der Waals surface area contributed by atoms with Crippen molar-refractivity contribution in [3.05, 3.63) is 6.61 Å². The van der Waals surface area contributed by atoms with Crippen LogP contribution < -0.4 is 0 Å². The quantitative estimate of drug-likeness (QED) is 0.570. The van der Waals surface area contributed by atoms with Gasteiger partial charge in [0.1, 0.15) is 0 Å². The number of ether oxygens (including phenoxy) is 1. The molecule has 2 aliphatic rings. The fourth-order valence-corrected chi connectivity index (χ4v) is 2.53. The summed E-state index contributed by atoms with van der Waals surface area (Å²) in [6.45, 7) is 3.83. The second kappa shape index (κ2) is 2.54. The average Bonchev–Trinajstić information content (AvgIpc) is 2.48. The highest BCUT2D eigenvalue weighted by atomic mass is 16.5. The van der Waals surface area contributed by atoms with E-state index in [0.717, 1.165) is 11.8 Å². The summed E-state index contributed by atoms with van der Waals surface area (Å²) in [6, 6.07) is 0. The highest BCUT2D eigenvalue weighted by molar-refractivity contribution is 4.91. The zero-order chi connectivity index (χ0) is 6.97. The summed E-state index contributed by atoms with van der Waals surface area (Å²) in [5.41, 5.74) is 0. The lowest BCUT2D eigenvalue weighted by Crippen LogP contribution is -2.18. The Morgan fingerprint density at radius 2 is 2.20 bits per heavy atom. The highest BCUT2D eigenvalue weighted by Gasteiger charge is 2.39. The maximum Gasteiger partial charge on any atom is 0.0809 e. The molecule has 10 heavy (non-hydrogen) atoms. The molecule has 0 saturated heterocycles. The van der Waals surface area contributed by atoms with Gasteiger partial charge in [0.25, 0.3) is 0 Å². The standard InChI is InChI=1S/C9H15O/c1-2-10-9-6-7-3-4-8(9)5-7/h2,7-9H,3-6H2,1H3. The van der Waals surface area contributed by atoms with Crippen LogP contribution >= 0.6 is 0 Å². The Morgan fingerprint density at radius 1 is 1.30 bits per heavy atom. The highest BCUT2D eigenvalue weighted by Crippen LogP contribution is 2.45. The normalized spacial score (nSPS) is 44.7. The van der Waals surface area contributed by atoms with Crippen LogP contribution in [0.1, 0.15) is 32.6 Å². The van der Waals surface area contributed by atoms with Gasteiger partial charge in [0.15, 0.2) is 0 Å². The van der Waals surface area contributed by atoms with Crippen molar-refractivity contribution < 1.29 is 4.74 Å². The van der Waals surface area contributed by atoms with Gasteiger partial charge in [0.2, 0.25) is 0 Å². The van der Waals surface area contributed by atoms with E-state index in [1.54, 1.807) is 0 Å². The first kappa shape index (κ1) is 6.66. The number of rotatable bonds is 2. The van der Waals surface area contributed by atoms with Crippen LogP contribution in [0.3, 0.4) is 0 Å². The molecular formula is C9H15O. The minimum atomic E-state index is 0.587. The zero-order valence-electron chi connectivity index (χ0n) is 6.55. The van der Waals surface area contributed by atoms with Crippen LogP contribution in [0.4, 0.5) is 0 Å². The first-order chi connectivity index (χ1) is 4.90.